The van der Waals surface area contributed by atoms with Crippen LogP contribution in [-0.4, -0.2) is 42.2 Å². The topological polar surface area (TPSA) is 106 Å². The minimum Gasteiger partial charge on any atom is -0.497 e. The van der Waals surface area contributed by atoms with Gasteiger partial charge in [-0.25, -0.2) is 4.98 Å². The Hall–Kier alpha value is -3.33. The quantitative estimate of drug-likeness (QED) is 0.400. The highest BCUT2D eigenvalue weighted by Gasteiger charge is 2.13. The molecule has 0 aliphatic heterocycles. The summed E-state index contributed by atoms with van der Waals surface area (Å²) < 4.78 is 10.1. The van der Waals surface area contributed by atoms with E-state index in [1.54, 1.807) is 49.7 Å². The minimum atomic E-state index is -0.249. The summed E-state index contributed by atoms with van der Waals surface area (Å²) in [6.07, 6.45) is 1.64. The Balaban J connectivity index is 1.48. The summed E-state index contributed by atoms with van der Waals surface area (Å²) in [5.41, 5.74) is 1.79. The van der Waals surface area contributed by atoms with Crippen molar-refractivity contribution in [1.29, 1.82) is 0 Å². The maximum atomic E-state index is 12.5. The summed E-state index contributed by atoms with van der Waals surface area (Å²) in [4.78, 5) is 29.0. The third kappa shape index (κ3) is 5.84. The first-order valence-corrected chi connectivity index (χ1v) is 10.3. The van der Waals surface area contributed by atoms with Crippen molar-refractivity contribution in [2.24, 2.45) is 0 Å². The average Bonchev–Trinajstić information content (AvgIpc) is 3.20. The summed E-state index contributed by atoms with van der Waals surface area (Å²) in [6, 6.07) is 12.1. The molecule has 2 heterocycles. The van der Waals surface area contributed by atoms with Gasteiger partial charge in [-0.2, -0.15) is 0 Å². The number of ether oxygens (including phenoxy) is 1. The molecule has 2 aromatic heterocycles. The van der Waals surface area contributed by atoms with Crippen molar-refractivity contribution in [3.05, 3.63) is 71.2 Å². The van der Waals surface area contributed by atoms with Crippen LogP contribution >= 0.6 is 11.8 Å². The summed E-state index contributed by atoms with van der Waals surface area (Å²) in [6.45, 7) is 2.42. The van der Waals surface area contributed by atoms with Crippen molar-refractivity contribution in [3.8, 4) is 5.75 Å². The fourth-order valence-corrected chi connectivity index (χ4v) is 3.47. The SMILES string of the molecule is COc1ccc(C(=O)NCCNC(=O)c2cccnc2SCc2cc(C)on2)cc1. The summed E-state index contributed by atoms with van der Waals surface area (Å²) >= 11 is 1.41. The fourth-order valence-electron chi connectivity index (χ4n) is 2.60. The van der Waals surface area contributed by atoms with Gasteiger partial charge in [-0.15, -0.1) is 0 Å². The number of nitrogens with one attached hydrogen (secondary N) is 2. The molecule has 0 saturated carbocycles. The van der Waals surface area contributed by atoms with Crippen LogP contribution in [0.4, 0.5) is 0 Å². The molecule has 0 fully saturated rings. The van der Waals surface area contributed by atoms with Crippen LogP contribution in [0.1, 0.15) is 32.2 Å². The molecule has 0 atom stereocenters. The van der Waals surface area contributed by atoms with Gasteiger partial charge >= 0.3 is 0 Å². The Morgan fingerprint density at radius 1 is 1.10 bits per heavy atom. The van der Waals surface area contributed by atoms with E-state index in [1.165, 1.54) is 11.8 Å². The highest BCUT2D eigenvalue weighted by atomic mass is 32.2. The van der Waals surface area contributed by atoms with Crippen molar-refractivity contribution in [2.45, 2.75) is 17.7 Å². The molecule has 0 saturated heterocycles. The number of methoxy groups -OCH3 is 1. The molecule has 3 rings (SSSR count). The fraction of sp³-hybridized carbons (Fsp3) is 0.238. The number of aromatic nitrogens is 2. The molecule has 3 aromatic rings. The summed E-state index contributed by atoms with van der Waals surface area (Å²) in [5.74, 6) is 1.50. The van der Waals surface area contributed by atoms with Crippen molar-refractivity contribution in [1.82, 2.24) is 20.8 Å². The maximum Gasteiger partial charge on any atom is 0.254 e. The Bertz CT molecular complexity index is 1000. The first kappa shape index (κ1) is 21.4. The number of amides is 2. The zero-order valence-electron chi connectivity index (χ0n) is 16.7. The van der Waals surface area contributed by atoms with E-state index in [1.807, 2.05) is 13.0 Å². The van der Waals surface area contributed by atoms with Crippen molar-refractivity contribution >= 4 is 23.6 Å². The Morgan fingerprint density at radius 3 is 2.50 bits per heavy atom. The van der Waals surface area contributed by atoms with Crippen LogP contribution in [0.5, 0.6) is 5.75 Å². The molecule has 9 heteroatoms. The van der Waals surface area contributed by atoms with E-state index in [9.17, 15) is 9.59 Å². The van der Waals surface area contributed by atoms with Gasteiger partial charge in [0.15, 0.2) is 0 Å². The van der Waals surface area contributed by atoms with E-state index >= 15 is 0 Å². The first-order chi connectivity index (χ1) is 14.6. The second-order valence-corrected chi connectivity index (χ2v) is 7.28. The Kier molecular flexibility index (Phi) is 7.45. The second-order valence-electron chi connectivity index (χ2n) is 6.31. The number of carbonyl (C=O) groups is 2. The third-order valence-electron chi connectivity index (χ3n) is 4.10. The van der Waals surface area contributed by atoms with E-state index < -0.39 is 0 Å². The maximum absolute atomic E-state index is 12.5. The molecule has 0 aliphatic carbocycles. The number of hydrogen-bond acceptors (Lipinski definition) is 7. The normalized spacial score (nSPS) is 10.5. The van der Waals surface area contributed by atoms with Gasteiger partial charge in [-0.05, 0) is 43.3 Å². The van der Waals surface area contributed by atoms with Crippen molar-refractivity contribution in [3.63, 3.8) is 0 Å². The molecular weight excluding hydrogens is 404 g/mol. The Labute approximate surface area is 178 Å². The molecule has 0 aliphatic rings. The summed E-state index contributed by atoms with van der Waals surface area (Å²) in [7, 11) is 1.57. The van der Waals surface area contributed by atoms with Crippen LogP contribution in [-0.2, 0) is 5.75 Å². The molecule has 8 nitrogen and oxygen atoms in total. The van der Waals surface area contributed by atoms with Crippen LogP contribution in [0, 0.1) is 6.92 Å². The second kappa shape index (κ2) is 10.4. The van der Waals surface area contributed by atoms with Crippen molar-refractivity contribution < 1.29 is 18.8 Å². The number of thioether (sulfide) groups is 1. The molecule has 2 N–H and O–H groups in total. The van der Waals surface area contributed by atoms with Gasteiger partial charge in [0.25, 0.3) is 11.8 Å². The lowest BCUT2D eigenvalue weighted by atomic mass is 10.2. The molecule has 0 bridgehead atoms. The lowest BCUT2D eigenvalue weighted by Crippen LogP contribution is -2.34. The molecule has 30 heavy (non-hydrogen) atoms. The third-order valence-corrected chi connectivity index (χ3v) is 5.14. The number of aryl methyl sites for hydroxylation is 1. The van der Waals surface area contributed by atoms with Crippen LogP contribution in [0.3, 0.4) is 0 Å². The van der Waals surface area contributed by atoms with Crippen LogP contribution in [0.15, 0.2) is 58.2 Å². The average molecular weight is 426 g/mol. The number of benzene rings is 1. The van der Waals surface area contributed by atoms with Gasteiger partial charge in [0.05, 0.1) is 18.4 Å². The molecule has 0 unspecified atom stereocenters. The molecular formula is C21H22N4O4S. The summed E-state index contributed by atoms with van der Waals surface area (Å²) in [5, 5.41) is 10.1. The van der Waals surface area contributed by atoms with E-state index in [-0.39, 0.29) is 11.8 Å². The minimum absolute atomic E-state index is 0.215. The largest absolute Gasteiger partial charge is 0.497 e. The Morgan fingerprint density at radius 2 is 1.83 bits per heavy atom. The van der Waals surface area contributed by atoms with Gasteiger partial charge < -0.3 is 19.9 Å². The predicted octanol–water partition coefficient (Wildman–Crippen LogP) is 2.84. The highest BCUT2D eigenvalue weighted by molar-refractivity contribution is 7.98. The number of nitrogens with zero attached hydrogens (tertiary/aromatic N) is 2. The first-order valence-electron chi connectivity index (χ1n) is 9.27. The van der Waals surface area contributed by atoms with Gasteiger partial charge in [0.1, 0.15) is 16.5 Å². The van der Waals surface area contributed by atoms with Gasteiger partial charge in [0, 0.05) is 36.7 Å². The van der Waals surface area contributed by atoms with Crippen LogP contribution < -0.4 is 15.4 Å². The predicted molar refractivity (Wildman–Crippen MR) is 113 cm³/mol. The lowest BCUT2D eigenvalue weighted by Gasteiger charge is -2.10. The standard InChI is InChI=1S/C21H22N4O4S/c1-14-12-16(25-29-14)13-30-21-18(4-3-9-24-21)20(27)23-11-10-22-19(26)15-5-7-17(28-2)8-6-15/h3-9,12H,10-11,13H2,1-2H3,(H,22,26)(H,23,27). The van der Waals surface area contributed by atoms with Crippen molar-refractivity contribution in [2.75, 3.05) is 20.2 Å². The smallest absolute Gasteiger partial charge is 0.254 e. The van der Waals surface area contributed by atoms with Gasteiger partial charge in [0.2, 0.25) is 0 Å². The monoisotopic (exact) mass is 426 g/mol. The van der Waals surface area contributed by atoms with Crippen LogP contribution in [0.25, 0.3) is 0 Å². The lowest BCUT2D eigenvalue weighted by molar-refractivity contribution is 0.0925. The molecule has 1 aromatic carbocycles. The highest BCUT2D eigenvalue weighted by Crippen LogP contribution is 2.24. The molecule has 2 amide bonds. The number of pyridine rings is 1. The molecule has 156 valence electrons. The van der Waals surface area contributed by atoms with E-state index in [0.717, 1.165) is 11.5 Å². The van der Waals surface area contributed by atoms with Gasteiger partial charge in [-0.1, -0.05) is 16.9 Å². The van der Waals surface area contributed by atoms with Gasteiger partial charge in [-0.3, -0.25) is 9.59 Å². The van der Waals surface area contributed by atoms with E-state index in [4.69, 9.17) is 9.26 Å². The van der Waals surface area contributed by atoms with E-state index in [2.05, 4.69) is 20.8 Å². The molecule has 0 spiro atoms. The van der Waals surface area contributed by atoms with Crippen LogP contribution in [0.2, 0.25) is 0 Å². The molecule has 0 radical (unpaired) electrons. The zero-order valence-corrected chi connectivity index (χ0v) is 17.5. The van der Waals surface area contributed by atoms with E-state index in [0.29, 0.717) is 40.7 Å². The number of carbonyl (C=O) groups excluding carboxylic acids is 2. The number of hydrogen-bond donors (Lipinski definition) is 2. The number of rotatable bonds is 9. The zero-order chi connectivity index (χ0) is 21.3.